The van der Waals surface area contributed by atoms with Crippen LogP contribution in [0, 0.1) is 19.8 Å². The van der Waals surface area contributed by atoms with Crippen LogP contribution in [0.4, 0.5) is 0 Å². The van der Waals surface area contributed by atoms with E-state index in [2.05, 4.69) is 27.5 Å². The van der Waals surface area contributed by atoms with Crippen LogP contribution >= 0.6 is 11.3 Å². The molecule has 0 aliphatic carbocycles. The number of guanidine groups is 1. The van der Waals surface area contributed by atoms with Crippen molar-refractivity contribution in [3.05, 3.63) is 15.6 Å². The third kappa shape index (κ3) is 5.70. The molecule has 1 aliphatic heterocycles. The van der Waals surface area contributed by atoms with Gasteiger partial charge in [0.25, 0.3) is 0 Å². The summed E-state index contributed by atoms with van der Waals surface area (Å²) in [7, 11) is 1.80. The number of hydrogen-bond acceptors (Lipinski definition) is 4. The van der Waals surface area contributed by atoms with E-state index in [0.29, 0.717) is 6.04 Å². The number of piperidine rings is 1. The standard InChI is InChI=1S/C18H31N5OS/c1-12(2)17(24)23-10-7-15(8-11-23)22-18(19-5)20-9-6-16-13(3)21-14(4)25-16/h12,15H,6-11H2,1-5H3,(H2,19,20,22). The Balaban J connectivity index is 1.74. The number of aromatic nitrogens is 1. The molecule has 1 aromatic heterocycles. The van der Waals surface area contributed by atoms with Crippen LogP contribution < -0.4 is 10.6 Å². The number of amides is 1. The van der Waals surface area contributed by atoms with Gasteiger partial charge in [0.15, 0.2) is 5.96 Å². The fraction of sp³-hybridized carbons (Fsp3) is 0.722. The number of rotatable bonds is 5. The molecule has 0 radical (unpaired) electrons. The van der Waals surface area contributed by atoms with E-state index in [1.165, 1.54) is 4.88 Å². The second-order valence-corrected chi connectivity index (χ2v) is 8.18. The highest BCUT2D eigenvalue weighted by molar-refractivity contribution is 7.11. The van der Waals surface area contributed by atoms with Gasteiger partial charge in [-0.25, -0.2) is 4.98 Å². The Bertz CT molecular complexity index is 603. The Hall–Kier alpha value is -1.63. The van der Waals surface area contributed by atoms with Gasteiger partial charge in [0, 0.05) is 49.9 Å². The van der Waals surface area contributed by atoms with Gasteiger partial charge < -0.3 is 15.5 Å². The SMILES string of the molecule is CN=C(NCCc1sc(C)nc1C)NC1CCN(C(=O)C(C)C)CC1. The summed E-state index contributed by atoms with van der Waals surface area (Å²) in [5.74, 6) is 1.18. The van der Waals surface area contributed by atoms with Gasteiger partial charge in [-0.2, -0.15) is 0 Å². The maximum absolute atomic E-state index is 12.1. The van der Waals surface area contributed by atoms with Crippen molar-refractivity contribution in [1.82, 2.24) is 20.5 Å². The molecule has 1 amide bonds. The van der Waals surface area contributed by atoms with Crippen LogP contribution in [-0.2, 0) is 11.2 Å². The van der Waals surface area contributed by atoms with E-state index in [1.807, 2.05) is 25.7 Å². The summed E-state index contributed by atoms with van der Waals surface area (Å²) in [5, 5.41) is 8.00. The van der Waals surface area contributed by atoms with Crippen LogP contribution in [0.15, 0.2) is 4.99 Å². The van der Waals surface area contributed by atoms with Gasteiger partial charge in [-0.3, -0.25) is 9.79 Å². The van der Waals surface area contributed by atoms with Gasteiger partial charge in [0.1, 0.15) is 0 Å². The molecule has 140 valence electrons. The quantitative estimate of drug-likeness (QED) is 0.619. The molecule has 1 aromatic rings. The minimum atomic E-state index is 0.0813. The number of aryl methyl sites for hydroxylation is 2. The lowest BCUT2D eigenvalue weighted by Crippen LogP contribution is -2.50. The molecule has 0 bridgehead atoms. The fourth-order valence-corrected chi connectivity index (χ4v) is 4.03. The van der Waals surface area contributed by atoms with Crippen LogP contribution in [0.5, 0.6) is 0 Å². The minimum absolute atomic E-state index is 0.0813. The summed E-state index contributed by atoms with van der Waals surface area (Å²) in [4.78, 5) is 24.2. The predicted molar refractivity (Wildman–Crippen MR) is 104 cm³/mol. The first-order valence-corrected chi connectivity index (χ1v) is 9.91. The van der Waals surface area contributed by atoms with E-state index in [4.69, 9.17) is 0 Å². The van der Waals surface area contributed by atoms with E-state index < -0.39 is 0 Å². The number of likely N-dealkylation sites (tertiary alicyclic amines) is 1. The Morgan fingerprint density at radius 1 is 1.36 bits per heavy atom. The highest BCUT2D eigenvalue weighted by atomic mass is 32.1. The number of nitrogens with one attached hydrogen (secondary N) is 2. The number of carbonyl (C=O) groups excluding carboxylic acids is 1. The molecule has 7 heteroatoms. The second-order valence-electron chi connectivity index (χ2n) is 6.89. The predicted octanol–water partition coefficient (Wildman–Crippen LogP) is 2.11. The summed E-state index contributed by atoms with van der Waals surface area (Å²) < 4.78 is 0. The fourth-order valence-electron chi connectivity index (χ4n) is 3.10. The van der Waals surface area contributed by atoms with Crippen molar-refractivity contribution < 1.29 is 4.79 Å². The van der Waals surface area contributed by atoms with Gasteiger partial charge in [0.05, 0.1) is 10.7 Å². The number of hydrogen-bond donors (Lipinski definition) is 2. The molecule has 2 N–H and O–H groups in total. The van der Waals surface area contributed by atoms with Crippen molar-refractivity contribution in [2.75, 3.05) is 26.7 Å². The Morgan fingerprint density at radius 2 is 2.04 bits per heavy atom. The van der Waals surface area contributed by atoms with E-state index in [9.17, 15) is 4.79 Å². The molecule has 1 fully saturated rings. The largest absolute Gasteiger partial charge is 0.356 e. The average Bonchev–Trinajstić information content (AvgIpc) is 2.91. The van der Waals surface area contributed by atoms with Gasteiger partial charge in [-0.05, 0) is 26.7 Å². The number of aliphatic imine (C=N–C) groups is 1. The zero-order chi connectivity index (χ0) is 18.4. The van der Waals surface area contributed by atoms with Crippen molar-refractivity contribution in [1.29, 1.82) is 0 Å². The third-order valence-electron chi connectivity index (χ3n) is 4.51. The highest BCUT2D eigenvalue weighted by Crippen LogP contribution is 2.17. The van der Waals surface area contributed by atoms with Gasteiger partial charge in [-0.1, -0.05) is 13.8 Å². The summed E-state index contributed by atoms with van der Waals surface area (Å²) >= 11 is 1.77. The third-order valence-corrected chi connectivity index (χ3v) is 5.64. The molecule has 0 atom stereocenters. The Labute approximate surface area is 155 Å². The molecule has 0 aromatic carbocycles. The maximum atomic E-state index is 12.1. The van der Waals surface area contributed by atoms with Crippen LogP contribution in [0.2, 0.25) is 0 Å². The topological polar surface area (TPSA) is 69.6 Å². The lowest BCUT2D eigenvalue weighted by Gasteiger charge is -2.34. The summed E-state index contributed by atoms with van der Waals surface area (Å²) in [6, 6.07) is 0.370. The lowest BCUT2D eigenvalue weighted by molar-refractivity contribution is -0.135. The van der Waals surface area contributed by atoms with Crippen LogP contribution in [-0.4, -0.2) is 54.5 Å². The first kappa shape index (κ1) is 19.7. The second kappa shape index (κ2) is 9.17. The van der Waals surface area contributed by atoms with E-state index in [1.54, 1.807) is 18.4 Å². The van der Waals surface area contributed by atoms with Crippen molar-refractivity contribution in [3.8, 4) is 0 Å². The Kier molecular flexibility index (Phi) is 7.23. The molecule has 2 rings (SSSR count). The van der Waals surface area contributed by atoms with Crippen molar-refractivity contribution in [2.24, 2.45) is 10.9 Å². The minimum Gasteiger partial charge on any atom is -0.356 e. The molecule has 25 heavy (non-hydrogen) atoms. The maximum Gasteiger partial charge on any atom is 0.225 e. The summed E-state index contributed by atoms with van der Waals surface area (Å²) in [6.45, 7) is 10.5. The van der Waals surface area contributed by atoms with Crippen molar-refractivity contribution >= 4 is 23.2 Å². The van der Waals surface area contributed by atoms with E-state index in [-0.39, 0.29) is 11.8 Å². The summed E-state index contributed by atoms with van der Waals surface area (Å²) in [5.41, 5.74) is 1.13. The molecular weight excluding hydrogens is 334 g/mol. The van der Waals surface area contributed by atoms with Crippen molar-refractivity contribution in [2.45, 2.75) is 53.0 Å². The molecule has 0 saturated carbocycles. The van der Waals surface area contributed by atoms with Crippen LogP contribution in [0.25, 0.3) is 0 Å². The molecule has 1 saturated heterocycles. The molecule has 0 unspecified atom stereocenters. The van der Waals surface area contributed by atoms with Crippen molar-refractivity contribution in [3.63, 3.8) is 0 Å². The van der Waals surface area contributed by atoms with Crippen LogP contribution in [0.1, 0.15) is 42.3 Å². The van der Waals surface area contributed by atoms with Crippen LogP contribution in [0.3, 0.4) is 0 Å². The molecule has 0 spiro atoms. The molecule has 2 heterocycles. The normalized spacial score (nSPS) is 16.4. The monoisotopic (exact) mass is 365 g/mol. The van der Waals surface area contributed by atoms with E-state index >= 15 is 0 Å². The number of nitrogens with zero attached hydrogens (tertiary/aromatic N) is 3. The molecule has 1 aliphatic rings. The number of carbonyl (C=O) groups is 1. The first-order valence-electron chi connectivity index (χ1n) is 9.09. The lowest BCUT2D eigenvalue weighted by atomic mass is 10.0. The highest BCUT2D eigenvalue weighted by Gasteiger charge is 2.24. The number of thiazole rings is 1. The smallest absolute Gasteiger partial charge is 0.225 e. The Morgan fingerprint density at radius 3 is 2.56 bits per heavy atom. The van der Waals surface area contributed by atoms with Gasteiger partial charge in [0.2, 0.25) is 5.91 Å². The zero-order valence-electron chi connectivity index (χ0n) is 16.1. The average molecular weight is 366 g/mol. The summed E-state index contributed by atoms with van der Waals surface area (Å²) in [6.07, 6.45) is 2.89. The zero-order valence-corrected chi connectivity index (χ0v) is 16.9. The van der Waals surface area contributed by atoms with Gasteiger partial charge in [-0.15, -0.1) is 11.3 Å². The first-order chi connectivity index (χ1) is 11.9. The van der Waals surface area contributed by atoms with Gasteiger partial charge >= 0.3 is 0 Å². The molecular formula is C18H31N5OS. The van der Waals surface area contributed by atoms with E-state index in [0.717, 1.165) is 55.6 Å². The molecule has 6 nitrogen and oxygen atoms in total.